The third-order valence-corrected chi connectivity index (χ3v) is 22.6. The summed E-state index contributed by atoms with van der Waals surface area (Å²) in [6, 6.07) is 107. The van der Waals surface area contributed by atoms with Gasteiger partial charge in [-0.05, 0) is 195 Å². The van der Waals surface area contributed by atoms with E-state index in [-0.39, 0.29) is 34.4 Å². The molecule has 15 aromatic carbocycles. The first kappa shape index (κ1) is 66.1. The summed E-state index contributed by atoms with van der Waals surface area (Å²) in [7, 11) is -0.373. The average molecular weight is 1390 g/mol. The highest BCUT2D eigenvalue weighted by Crippen LogP contribution is 2.54. The molecule has 0 atom stereocenters. The van der Waals surface area contributed by atoms with Crippen LogP contribution in [0.1, 0.15) is 77.6 Å². The molecular formula is C96H74BClN6O2. The molecule has 510 valence electrons. The fourth-order valence-electron chi connectivity index (χ4n) is 16.2. The van der Waals surface area contributed by atoms with E-state index in [9.17, 15) is 0 Å². The molecule has 2 aromatic heterocycles. The van der Waals surface area contributed by atoms with Crippen molar-refractivity contribution in [3.8, 4) is 90.3 Å². The summed E-state index contributed by atoms with van der Waals surface area (Å²) in [6.07, 6.45) is 0. The summed E-state index contributed by atoms with van der Waals surface area (Å²) in [4.78, 5) is 27.5. The van der Waals surface area contributed by atoms with Crippen LogP contribution in [0.15, 0.2) is 303 Å². The van der Waals surface area contributed by atoms with Crippen molar-refractivity contribution in [2.45, 2.75) is 77.4 Å². The van der Waals surface area contributed by atoms with Gasteiger partial charge in [0.15, 0.2) is 29.1 Å². The van der Waals surface area contributed by atoms with Crippen molar-refractivity contribution in [1.29, 1.82) is 0 Å². The van der Waals surface area contributed by atoms with Gasteiger partial charge in [-0.25, -0.2) is 19.9 Å². The van der Waals surface area contributed by atoms with Crippen molar-refractivity contribution in [2.75, 3.05) is 0 Å². The van der Waals surface area contributed by atoms with Gasteiger partial charge in [-0.1, -0.05) is 301 Å². The Morgan fingerprint density at radius 1 is 0.236 bits per heavy atom. The Balaban J connectivity index is 0.000000125. The van der Waals surface area contributed by atoms with Crippen LogP contribution in [0.2, 0.25) is 5.28 Å². The van der Waals surface area contributed by atoms with Crippen molar-refractivity contribution in [2.24, 2.45) is 0 Å². The Hall–Kier alpha value is -11.8. The molecule has 0 unspecified atom stereocenters. The van der Waals surface area contributed by atoms with E-state index in [0.29, 0.717) is 29.1 Å². The largest absolute Gasteiger partial charge is 0.494 e. The standard InChI is InChI=1S/C48H33N3.C33H31BO2.C15H10ClN3/c1-48(2)43-20-12-11-19-38(43)42-28-40-36-18-10-9-17-35(36)39-27-34(25-26-37(39)41(40)29-44(42)48)30-21-23-33(24-22-30)47-50-45(31-13-5-3-6-14-31)49-46(51-47)32-15-7-4-8-16-32;1-31(2)29-14-10-9-13-24(29)28-18-26-22-12-8-7-11-21(22)25-17-20(15-16-23(25)27(26)19-30(28)31)34-35-32(3,4)33(5,6)36-34;16-15-18-13(11-7-3-1-4-8-11)17-14(19-15)12-9-5-2-6-10-12/h3-29H,1-2H3;7-19H,1-6H3;1-10H. The number of benzene rings is 15. The van der Waals surface area contributed by atoms with Crippen molar-refractivity contribution >= 4 is 88.8 Å². The quantitative estimate of drug-likeness (QED) is 0.115. The molecule has 1 saturated heterocycles. The lowest BCUT2D eigenvalue weighted by Gasteiger charge is -2.32. The summed E-state index contributed by atoms with van der Waals surface area (Å²) in [5.41, 5.74) is 18.4. The lowest BCUT2D eigenvalue weighted by molar-refractivity contribution is 0.00578. The SMILES string of the molecule is CC1(C)c2ccccc2-c2cc3c4ccccc4c4cc(-c5ccc(-c6nc(-c7ccccc7)nc(-c7ccccc7)n6)cc5)ccc4c3cc21.CC1(C)c2ccccc2-c2cc3c4ccccc4c4cc(B5OC(C)(C)C(C)(C)O5)ccc4c3cc21.Clc1nc(-c2ccccc2)nc(-c2ccccc2)n1. The second kappa shape index (κ2) is 25.8. The van der Waals surface area contributed by atoms with Gasteiger partial charge in [0.2, 0.25) is 5.28 Å². The van der Waals surface area contributed by atoms with E-state index in [1.54, 1.807) is 0 Å². The number of rotatable bonds is 7. The lowest BCUT2D eigenvalue weighted by atomic mass is 9.77. The minimum atomic E-state index is -0.373. The molecule has 17 aromatic rings. The summed E-state index contributed by atoms with van der Waals surface area (Å²) >= 11 is 5.99. The minimum Gasteiger partial charge on any atom is -0.399 e. The minimum absolute atomic E-state index is 0.0271. The van der Waals surface area contributed by atoms with E-state index >= 15 is 0 Å². The van der Waals surface area contributed by atoms with Crippen LogP contribution in [0.3, 0.4) is 0 Å². The molecule has 2 aliphatic carbocycles. The molecule has 1 fully saturated rings. The average Bonchev–Trinajstić information content (AvgIpc) is 1.49. The first-order valence-corrected chi connectivity index (χ1v) is 36.7. The fourth-order valence-corrected chi connectivity index (χ4v) is 16.3. The number of hydrogen-bond donors (Lipinski definition) is 0. The highest BCUT2D eigenvalue weighted by atomic mass is 35.5. The Labute approximate surface area is 622 Å². The summed E-state index contributed by atoms with van der Waals surface area (Å²) in [6.45, 7) is 17.8. The molecule has 0 amide bonds. The van der Waals surface area contributed by atoms with Gasteiger partial charge in [0, 0.05) is 38.6 Å². The number of nitrogens with zero attached hydrogens (tertiary/aromatic N) is 6. The molecule has 0 saturated carbocycles. The Bertz CT molecular complexity index is 6220. The van der Waals surface area contributed by atoms with Crippen LogP contribution < -0.4 is 5.46 Å². The van der Waals surface area contributed by atoms with Crippen LogP contribution in [0.4, 0.5) is 0 Å². The Morgan fingerprint density at radius 2 is 0.528 bits per heavy atom. The van der Waals surface area contributed by atoms with Gasteiger partial charge in [-0.2, -0.15) is 9.97 Å². The maximum Gasteiger partial charge on any atom is 0.494 e. The van der Waals surface area contributed by atoms with E-state index in [4.69, 9.17) is 35.9 Å². The van der Waals surface area contributed by atoms with Crippen LogP contribution >= 0.6 is 11.6 Å². The maximum atomic E-state index is 6.40. The van der Waals surface area contributed by atoms with Gasteiger partial charge in [0.25, 0.3) is 0 Å². The van der Waals surface area contributed by atoms with E-state index in [2.05, 4.69) is 252 Å². The van der Waals surface area contributed by atoms with Crippen LogP contribution in [-0.4, -0.2) is 48.2 Å². The Morgan fingerprint density at radius 3 is 0.934 bits per heavy atom. The highest BCUT2D eigenvalue weighted by Gasteiger charge is 2.52. The normalized spacial score (nSPS) is 14.7. The van der Waals surface area contributed by atoms with Crippen LogP contribution in [0.25, 0.3) is 155 Å². The monoisotopic (exact) mass is 1390 g/mol. The second-order valence-corrected chi connectivity index (χ2v) is 30.4. The van der Waals surface area contributed by atoms with Crippen LogP contribution in [0.5, 0.6) is 0 Å². The van der Waals surface area contributed by atoms with E-state index in [0.717, 1.165) is 38.8 Å². The van der Waals surface area contributed by atoms with E-state index in [1.165, 1.54) is 115 Å². The predicted molar refractivity (Wildman–Crippen MR) is 440 cm³/mol. The zero-order valence-corrected chi connectivity index (χ0v) is 61.1. The van der Waals surface area contributed by atoms with Gasteiger partial charge < -0.3 is 9.31 Å². The molecule has 3 heterocycles. The predicted octanol–water partition coefficient (Wildman–Crippen LogP) is 23.9. The molecule has 0 radical (unpaired) electrons. The molecule has 20 rings (SSSR count). The number of aromatic nitrogens is 6. The van der Waals surface area contributed by atoms with Crippen molar-refractivity contribution in [3.05, 3.63) is 331 Å². The third kappa shape index (κ3) is 11.4. The Kier molecular flexibility index (Phi) is 16.1. The fraction of sp³-hybridized carbons (Fsp3) is 0.125. The van der Waals surface area contributed by atoms with Gasteiger partial charge >= 0.3 is 7.12 Å². The molecule has 106 heavy (non-hydrogen) atoms. The molecule has 1 aliphatic heterocycles. The van der Waals surface area contributed by atoms with E-state index < -0.39 is 0 Å². The lowest BCUT2D eigenvalue weighted by Crippen LogP contribution is -2.41. The van der Waals surface area contributed by atoms with E-state index in [1.807, 2.05) is 121 Å². The van der Waals surface area contributed by atoms with Crippen LogP contribution in [0, 0.1) is 0 Å². The van der Waals surface area contributed by atoms with Gasteiger partial charge in [0.05, 0.1) is 11.2 Å². The molecule has 8 nitrogen and oxygen atoms in total. The number of halogens is 1. The number of hydrogen-bond acceptors (Lipinski definition) is 8. The van der Waals surface area contributed by atoms with Crippen molar-refractivity contribution < 1.29 is 9.31 Å². The molecule has 10 heteroatoms. The van der Waals surface area contributed by atoms with Gasteiger partial charge in [-0.15, -0.1) is 0 Å². The first-order chi connectivity index (χ1) is 51.4. The molecular weight excluding hydrogens is 1320 g/mol. The maximum absolute atomic E-state index is 6.40. The van der Waals surface area contributed by atoms with Gasteiger partial charge in [-0.3, -0.25) is 0 Å². The smallest absolute Gasteiger partial charge is 0.399 e. The second-order valence-electron chi connectivity index (χ2n) is 30.1. The van der Waals surface area contributed by atoms with Crippen LogP contribution in [-0.2, 0) is 20.1 Å². The molecule has 3 aliphatic rings. The molecule has 0 bridgehead atoms. The zero-order chi connectivity index (χ0) is 72.2. The van der Waals surface area contributed by atoms with Gasteiger partial charge in [0.1, 0.15) is 0 Å². The molecule has 0 spiro atoms. The first-order valence-electron chi connectivity index (χ1n) is 36.3. The number of fused-ring (bicyclic) bond motifs is 18. The summed E-state index contributed by atoms with van der Waals surface area (Å²) < 4.78 is 12.8. The summed E-state index contributed by atoms with van der Waals surface area (Å²) in [5, 5.41) is 15.6. The third-order valence-electron chi connectivity index (χ3n) is 22.5. The highest BCUT2D eigenvalue weighted by molar-refractivity contribution is 6.62. The summed E-state index contributed by atoms with van der Waals surface area (Å²) in [5.74, 6) is 3.15. The zero-order valence-electron chi connectivity index (χ0n) is 60.3. The molecule has 0 N–H and O–H groups in total. The van der Waals surface area contributed by atoms with Crippen molar-refractivity contribution in [3.63, 3.8) is 0 Å². The van der Waals surface area contributed by atoms with Crippen molar-refractivity contribution in [1.82, 2.24) is 29.9 Å². The topological polar surface area (TPSA) is 95.8 Å².